The summed E-state index contributed by atoms with van der Waals surface area (Å²) in [5.41, 5.74) is 6.85. The quantitative estimate of drug-likeness (QED) is 0.172. The van der Waals surface area contributed by atoms with Crippen molar-refractivity contribution in [2.24, 2.45) is 0 Å². The first-order valence-electron chi connectivity index (χ1n) is 20.6. The molecule has 0 aliphatic heterocycles. The van der Waals surface area contributed by atoms with Crippen molar-refractivity contribution in [3.05, 3.63) is 189 Å². The van der Waals surface area contributed by atoms with Gasteiger partial charge in [-0.1, -0.05) is 147 Å². The highest BCUT2D eigenvalue weighted by Crippen LogP contribution is 2.50. The summed E-state index contributed by atoms with van der Waals surface area (Å²) in [6.07, 6.45) is 0. The van der Waals surface area contributed by atoms with Gasteiger partial charge in [0, 0.05) is 9.79 Å². The van der Waals surface area contributed by atoms with E-state index in [1.54, 1.807) is 0 Å². The largest absolute Gasteiger partial charge is 0.0894 e. The van der Waals surface area contributed by atoms with Crippen molar-refractivity contribution >= 4 is 97.9 Å². The van der Waals surface area contributed by atoms with Crippen LogP contribution < -0.4 is 0 Å². The third kappa shape index (κ3) is 4.07. The molecule has 0 radical (unpaired) electrons. The molecular formula is C57H38S. The summed E-state index contributed by atoms with van der Waals surface area (Å²) in [6.45, 7) is 9.47. The van der Waals surface area contributed by atoms with E-state index in [0.717, 1.165) is 0 Å². The molecule has 1 heteroatoms. The molecule has 0 heterocycles. The summed E-state index contributed by atoms with van der Waals surface area (Å²) in [6, 6.07) is 57.5. The molecule has 0 bridgehead atoms. The Morgan fingerprint density at radius 3 is 1.60 bits per heavy atom. The average Bonchev–Trinajstić information content (AvgIpc) is 3.89. The molecule has 0 N–H and O–H groups in total. The Balaban J connectivity index is 1.15. The Morgan fingerprint density at radius 2 is 0.931 bits per heavy atom. The minimum absolute atomic E-state index is 0.373. The molecule has 0 amide bonds. The van der Waals surface area contributed by atoms with Crippen molar-refractivity contribution in [1.29, 1.82) is 0 Å². The minimum Gasteiger partial charge on any atom is -0.0894 e. The Labute approximate surface area is 340 Å². The van der Waals surface area contributed by atoms with Crippen molar-refractivity contribution in [2.75, 3.05) is 0 Å². The van der Waals surface area contributed by atoms with E-state index in [9.17, 15) is 0 Å². The molecule has 12 aromatic carbocycles. The zero-order valence-corrected chi connectivity index (χ0v) is 33.7. The van der Waals surface area contributed by atoms with Crippen LogP contribution in [-0.4, -0.2) is 0 Å². The topological polar surface area (TPSA) is 0 Å². The maximum absolute atomic E-state index is 2.54. The van der Waals surface area contributed by atoms with Gasteiger partial charge in [-0.3, -0.25) is 0 Å². The predicted molar refractivity (Wildman–Crippen MR) is 250 cm³/mol. The monoisotopic (exact) mass is 754 g/mol. The van der Waals surface area contributed by atoms with Crippen LogP contribution in [0.5, 0.6) is 0 Å². The number of fused-ring (bicyclic) bond motifs is 9. The predicted octanol–water partition coefficient (Wildman–Crippen LogP) is 16.2. The number of benzene rings is 10. The van der Waals surface area contributed by atoms with Crippen LogP contribution >= 0.6 is 11.8 Å². The van der Waals surface area contributed by atoms with Crippen molar-refractivity contribution in [3.63, 3.8) is 0 Å². The van der Waals surface area contributed by atoms with Gasteiger partial charge in [0.15, 0.2) is 0 Å². The average molecular weight is 755 g/mol. The van der Waals surface area contributed by atoms with E-state index >= 15 is 0 Å². The van der Waals surface area contributed by atoms with Crippen molar-refractivity contribution in [1.82, 2.24) is 0 Å². The first-order valence-corrected chi connectivity index (χ1v) is 21.4. The van der Waals surface area contributed by atoms with Crippen molar-refractivity contribution in [2.45, 2.75) is 43.4 Å². The van der Waals surface area contributed by atoms with Gasteiger partial charge in [-0.2, -0.15) is 0 Å². The third-order valence-corrected chi connectivity index (χ3v) is 14.7. The lowest BCUT2D eigenvalue weighted by Gasteiger charge is -2.16. The number of rotatable bonds is 4. The maximum Gasteiger partial charge on any atom is 0.0201 e. The van der Waals surface area contributed by atoms with Gasteiger partial charge < -0.3 is 0 Å². The van der Waals surface area contributed by atoms with Gasteiger partial charge in [-0.15, -0.1) is 0 Å². The lowest BCUT2D eigenvalue weighted by Crippen LogP contribution is -1.97. The second-order valence-electron chi connectivity index (χ2n) is 16.9. The van der Waals surface area contributed by atoms with Crippen molar-refractivity contribution < 1.29 is 0 Å². The highest BCUT2D eigenvalue weighted by Gasteiger charge is 2.25. The van der Waals surface area contributed by atoms with Crippen LogP contribution in [0.2, 0.25) is 0 Å². The van der Waals surface area contributed by atoms with Gasteiger partial charge in [0.1, 0.15) is 0 Å². The zero-order valence-electron chi connectivity index (χ0n) is 32.9. The van der Waals surface area contributed by atoms with Crippen LogP contribution in [0.1, 0.15) is 36.5 Å². The number of aryl methyl sites for hydroxylation is 2. The fraction of sp³-hybridized carbons (Fsp3) is 0.0877. The minimum atomic E-state index is 0.373. The molecule has 58 heavy (non-hydrogen) atoms. The summed E-state index contributed by atoms with van der Waals surface area (Å²) < 4.78 is 0. The first kappa shape index (κ1) is 32.7. The Hall–Kier alpha value is -6.41. The van der Waals surface area contributed by atoms with E-state index in [-0.39, 0.29) is 0 Å². The molecule has 1 aliphatic rings. The molecular weight excluding hydrogens is 717 g/mol. The van der Waals surface area contributed by atoms with Crippen LogP contribution in [0.25, 0.3) is 97.3 Å². The van der Waals surface area contributed by atoms with Crippen LogP contribution in [0.15, 0.2) is 161 Å². The van der Waals surface area contributed by atoms with E-state index in [2.05, 4.69) is 179 Å². The molecule has 272 valence electrons. The number of hydrogen-bond acceptors (Lipinski definition) is 1. The van der Waals surface area contributed by atoms with Gasteiger partial charge in [0.05, 0.1) is 0 Å². The molecule has 13 rings (SSSR count). The summed E-state index contributed by atoms with van der Waals surface area (Å²) in [5.74, 6) is 0.373. The van der Waals surface area contributed by atoms with Gasteiger partial charge in [0.25, 0.3) is 0 Å². The van der Waals surface area contributed by atoms with Crippen LogP contribution in [0.4, 0.5) is 0 Å². The normalized spacial score (nSPS) is 12.7. The second-order valence-corrected chi connectivity index (χ2v) is 18.0. The lowest BCUT2D eigenvalue weighted by molar-refractivity contribution is 0.868. The van der Waals surface area contributed by atoms with E-state index in [1.807, 2.05) is 11.8 Å². The van der Waals surface area contributed by atoms with E-state index in [0.29, 0.717) is 5.92 Å². The third-order valence-electron chi connectivity index (χ3n) is 13.7. The first-order chi connectivity index (χ1) is 28.5. The summed E-state index contributed by atoms with van der Waals surface area (Å²) in [4.78, 5) is 2.58. The van der Waals surface area contributed by atoms with E-state index < -0.39 is 0 Å². The standard InChI is InChI=1S/C57H38S/c1-30(2)49-35-18-11-12-19-36(35)52(33-14-7-5-8-15-33)57-43-25-23-38-47-29-45-32(4)51-41-26-27-48(58-34-16-9-6-10-17-34)39-20-13-21-40(53(39)41)50(51)31(3)44(45)28-46(47)37-22-24-42(56(49)57)55(43)54(37)38/h5-30H,1-4H3. The molecule has 0 unspecified atom stereocenters. The molecule has 12 aromatic rings. The molecule has 0 atom stereocenters. The van der Waals surface area contributed by atoms with Gasteiger partial charge in [0.2, 0.25) is 0 Å². The van der Waals surface area contributed by atoms with Gasteiger partial charge in [-0.05, 0) is 185 Å². The summed E-state index contributed by atoms with van der Waals surface area (Å²) in [5, 5.41) is 27.6. The fourth-order valence-corrected chi connectivity index (χ4v) is 12.3. The number of hydrogen-bond donors (Lipinski definition) is 0. The highest BCUT2D eigenvalue weighted by molar-refractivity contribution is 7.99. The summed E-state index contributed by atoms with van der Waals surface area (Å²) in [7, 11) is 0. The van der Waals surface area contributed by atoms with E-state index in [1.165, 1.54) is 145 Å². The van der Waals surface area contributed by atoms with Crippen LogP contribution in [-0.2, 0) is 0 Å². The molecule has 0 saturated heterocycles. The Bertz CT molecular complexity index is 3880. The maximum atomic E-state index is 2.54. The van der Waals surface area contributed by atoms with Crippen molar-refractivity contribution in [3.8, 4) is 11.1 Å². The molecule has 0 spiro atoms. The van der Waals surface area contributed by atoms with Gasteiger partial charge in [-0.25, -0.2) is 0 Å². The summed E-state index contributed by atoms with van der Waals surface area (Å²) >= 11 is 1.86. The van der Waals surface area contributed by atoms with Crippen LogP contribution in [0, 0.1) is 34.7 Å². The van der Waals surface area contributed by atoms with Crippen LogP contribution in [0.3, 0.4) is 0 Å². The zero-order chi connectivity index (χ0) is 38.6. The fourth-order valence-electron chi connectivity index (χ4n) is 11.4. The molecule has 1 aliphatic carbocycles. The molecule has 0 saturated carbocycles. The molecule has 0 fully saturated rings. The second kappa shape index (κ2) is 11.6. The SMILES string of the molecule is Cc1c2cc3c(cc2c(C)c2c4cccc5c(Sc6ccccc6)ccc(c12)c54)c1ccc2c4c(ccc3c41)=c1c(-c3ccccc3)c3ccccc3c(C(C)C)c1=2. The molecule has 0 aromatic heterocycles. The molecule has 0 nitrogen and oxygen atoms in total. The Kier molecular flexibility index (Phi) is 6.53. The van der Waals surface area contributed by atoms with Gasteiger partial charge >= 0.3 is 0 Å². The Morgan fingerprint density at radius 1 is 0.379 bits per heavy atom. The smallest absolute Gasteiger partial charge is 0.0201 e. The highest BCUT2D eigenvalue weighted by atomic mass is 32.2. The van der Waals surface area contributed by atoms with E-state index in [4.69, 9.17) is 0 Å². The lowest BCUT2D eigenvalue weighted by atomic mass is 9.87.